The first kappa shape index (κ1) is 19.3. The number of nitrogens with two attached hydrogens (primary N) is 2. The monoisotopic (exact) mass is 412 g/mol. The van der Waals surface area contributed by atoms with E-state index in [1.807, 2.05) is 48.5 Å². The van der Waals surface area contributed by atoms with Crippen LogP contribution >= 0.6 is 41.4 Å². The van der Waals surface area contributed by atoms with Crippen molar-refractivity contribution in [3.8, 4) is 11.5 Å². The van der Waals surface area contributed by atoms with Gasteiger partial charge < -0.3 is 20.9 Å². The van der Waals surface area contributed by atoms with Crippen LogP contribution < -0.4 is 20.9 Å². The zero-order chi connectivity index (χ0) is 15.9. The van der Waals surface area contributed by atoms with Crippen molar-refractivity contribution in [3.63, 3.8) is 0 Å². The Balaban J connectivity index is 0.00000264. The number of hydrogen-bond acceptors (Lipinski definition) is 4. The molecule has 0 saturated heterocycles. The van der Waals surface area contributed by atoms with Crippen molar-refractivity contribution >= 4 is 51.8 Å². The molecule has 23 heavy (non-hydrogen) atoms. The number of benzene rings is 2. The molecule has 0 saturated carbocycles. The highest BCUT2D eigenvalue weighted by molar-refractivity contribution is 8.93. The van der Waals surface area contributed by atoms with Gasteiger partial charge in [0.05, 0.1) is 0 Å². The van der Waals surface area contributed by atoms with E-state index < -0.39 is 0 Å². The third-order valence-corrected chi connectivity index (χ3v) is 3.10. The molecule has 7 heteroatoms. The smallest absolute Gasteiger partial charge is 0.259 e. The average molecular weight is 413 g/mol. The Kier molecular flexibility index (Phi) is 7.94. The van der Waals surface area contributed by atoms with Crippen molar-refractivity contribution in [1.29, 1.82) is 0 Å². The largest absolute Gasteiger partial charge is 0.432 e. The molecule has 4 N–H and O–H groups in total. The number of thiocarbonyl (C=S) groups is 2. The zero-order valence-electron chi connectivity index (χ0n) is 12.2. The third-order valence-electron chi connectivity index (χ3n) is 2.94. The minimum Gasteiger partial charge on any atom is -0.432 e. The summed E-state index contributed by atoms with van der Waals surface area (Å²) in [6.07, 6.45) is 1.70. The fraction of sp³-hybridized carbons (Fsp3) is 0.125. The van der Waals surface area contributed by atoms with Gasteiger partial charge in [-0.05, 0) is 72.7 Å². The molecule has 2 rings (SSSR count). The second-order valence-corrected chi connectivity index (χ2v) is 5.44. The van der Waals surface area contributed by atoms with E-state index in [0.717, 1.165) is 24.0 Å². The van der Waals surface area contributed by atoms with Crippen LogP contribution in [0.5, 0.6) is 11.5 Å². The van der Waals surface area contributed by atoms with Gasteiger partial charge in [0.2, 0.25) is 0 Å². The number of aryl methyl sites for hydroxylation is 2. The van der Waals surface area contributed by atoms with Crippen LogP contribution in [0.1, 0.15) is 11.1 Å². The molecule has 0 unspecified atom stereocenters. The minimum atomic E-state index is 0. The maximum Gasteiger partial charge on any atom is 0.259 e. The van der Waals surface area contributed by atoms with Gasteiger partial charge in [-0.25, -0.2) is 0 Å². The summed E-state index contributed by atoms with van der Waals surface area (Å²) in [6, 6.07) is 15.4. The highest BCUT2D eigenvalue weighted by Crippen LogP contribution is 2.18. The standard InChI is InChI=1S/C16H16N2O2S2.BrH/c17-15(21)19-13-5-1-3-11(9-13)7-8-12-4-2-6-14(10-12)20-16(18)22;/h1-6,9-10H,7-8H2,(H2,17,21)(H2,18,22);1H. The molecule has 0 heterocycles. The molecular weight excluding hydrogens is 396 g/mol. The Bertz CT molecular complexity index is 636. The van der Waals surface area contributed by atoms with Gasteiger partial charge in [0.15, 0.2) is 0 Å². The van der Waals surface area contributed by atoms with Crippen LogP contribution in [0.25, 0.3) is 0 Å². The molecule has 0 bridgehead atoms. The van der Waals surface area contributed by atoms with Gasteiger partial charge in [-0.15, -0.1) is 17.0 Å². The van der Waals surface area contributed by atoms with E-state index in [-0.39, 0.29) is 27.3 Å². The number of ether oxygens (including phenoxy) is 2. The maximum absolute atomic E-state index is 5.37. The van der Waals surface area contributed by atoms with E-state index in [9.17, 15) is 0 Å². The second-order valence-electron chi connectivity index (χ2n) is 4.64. The molecule has 0 amide bonds. The van der Waals surface area contributed by atoms with E-state index in [1.54, 1.807) is 0 Å². The lowest BCUT2D eigenvalue weighted by atomic mass is 10.0. The number of hydrogen-bond donors (Lipinski definition) is 2. The van der Waals surface area contributed by atoms with E-state index >= 15 is 0 Å². The molecule has 4 nitrogen and oxygen atoms in total. The van der Waals surface area contributed by atoms with Gasteiger partial charge in [0.1, 0.15) is 11.5 Å². The van der Waals surface area contributed by atoms with Crippen LogP contribution in [-0.2, 0) is 12.8 Å². The molecule has 0 aromatic heterocycles. The SMILES string of the molecule is Br.NC(=S)Oc1cccc(CCc2cccc(OC(N)=S)c2)c1. The minimum absolute atomic E-state index is 0. The number of rotatable bonds is 5. The summed E-state index contributed by atoms with van der Waals surface area (Å²) < 4.78 is 10.5. The van der Waals surface area contributed by atoms with Crippen LogP contribution in [0.15, 0.2) is 48.5 Å². The van der Waals surface area contributed by atoms with Gasteiger partial charge >= 0.3 is 0 Å². The van der Waals surface area contributed by atoms with Gasteiger partial charge in [0.25, 0.3) is 10.3 Å². The summed E-state index contributed by atoms with van der Waals surface area (Å²) in [6.45, 7) is 0. The predicted octanol–water partition coefficient (Wildman–Crippen LogP) is 3.29. The van der Waals surface area contributed by atoms with Crippen molar-refractivity contribution in [1.82, 2.24) is 0 Å². The van der Waals surface area contributed by atoms with E-state index in [1.165, 1.54) is 0 Å². The lowest BCUT2D eigenvalue weighted by Gasteiger charge is -2.08. The average Bonchev–Trinajstić information content (AvgIpc) is 2.44. The Morgan fingerprint density at radius 3 is 1.52 bits per heavy atom. The topological polar surface area (TPSA) is 70.5 Å². The lowest BCUT2D eigenvalue weighted by Crippen LogP contribution is -2.16. The van der Waals surface area contributed by atoms with E-state index in [0.29, 0.717) is 11.5 Å². The first-order chi connectivity index (χ1) is 10.5. The Labute approximate surface area is 156 Å². The molecule has 0 spiro atoms. The Morgan fingerprint density at radius 1 is 0.783 bits per heavy atom. The van der Waals surface area contributed by atoms with Crippen molar-refractivity contribution in [2.24, 2.45) is 11.5 Å². The summed E-state index contributed by atoms with van der Waals surface area (Å²) in [4.78, 5) is 0. The molecule has 0 atom stereocenters. The normalized spacial score (nSPS) is 9.57. The summed E-state index contributed by atoms with van der Waals surface area (Å²) >= 11 is 9.46. The Hall–Kier alpha value is -1.70. The van der Waals surface area contributed by atoms with Crippen molar-refractivity contribution in [3.05, 3.63) is 59.7 Å². The molecule has 0 aliphatic heterocycles. The predicted molar refractivity (Wildman–Crippen MR) is 105 cm³/mol. The highest BCUT2D eigenvalue weighted by Gasteiger charge is 2.02. The maximum atomic E-state index is 5.37. The summed E-state index contributed by atoms with van der Waals surface area (Å²) in [5, 5.41) is 0.0273. The van der Waals surface area contributed by atoms with Gasteiger partial charge in [-0.2, -0.15) is 0 Å². The second kappa shape index (κ2) is 9.44. The molecule has 2 aromatic carbocycles. The van der Waals surface area contributed by atoms with Crippen LogP contribution in [0.2, 0.25) is 0 Å². The lowest BCUT2D eigenvalue weighted by molar-refractivity contribution is 0.555. The molecule has 0 fully saturated rings. The van der Waals surface area contributed by atoms with Crippen LogP contribution in [0, 0.1) is 0 Å². The first-order valence-electron chi connectivity index (χ1n) is 6.65. The van der Waals surface area contributed by atoms with E-state index in [2.05, 4.69) is 0 Å². The quantitative estimate of drug-likeness (QED) is 0.734. The third kappa shape index (κ3) is 6.94. The van der Waals surface area contributed by atoms with Crippen LogP contribution in [0.3, 0.4) is 0 Å². The van der Waals surface area contributed by atoms with Crippen molar-refractivity contribution in [2.75, 3.05) is 0 Å². The van der Waals surface area contributed by atoms with Gasteiger partial charge in [-0.3, -0.25) is 0 Å². The summed E-state index contributed by atoms with van der Waals surface area (Å²) in [7, 11) is 0. The zero-order valence-corrected chi connectivity index (χ0v) is 15.6. The molecule has 0 aliphatic rings. The fourth-order valence-electron chi connectivity index (χ4n) is 2.05. The molecule has 122 valence electrons. The van der Waals surface area contributed by atoms with Crippen molar-refractivity contribution < 1.29 is 9.47 Å². The van der Waals surface area contributed by atoms with E-state index in [4.69, 9.17) is 45.4 Å². The van der Waals surface area contributed by atoms with Crippen LogP contribution in [0.4, 0.5) is 0 Å². The van der Waals surface area contributed by atoms with Gasteiger partial charge in [-0.1, -0.05) is 24.3 Å². The van der Waals surface area contributed by atoms with Crippen LogP contribution in [-0.4, -0.2) is 10.3 Å². The highest BCUT2D eigenvalue weighted by atomic mass is 79.9. The molecule has 2 aromatic rings. The molecule has 0 radical (unpaired) electrons. The molecular formula is C16H17BrN2O2S2. The molecule has 0 aliphatic carbocycles. The summed E-state index contributed by atoms with van der Waals surface area (Å²) in [5.41, 5.74) is 13.0. The van der Waals surface area contributed by atoms with Gasteiger partial charge in [0, 0.05) is 0 Å². The first-order valence-corrected chi connectivity index (χ1v) is 7.47. The summed E-state index contributed by atoms with van der Waals surface area (Å²) in [5.74, 6) is 1.30. The van der Waals surface area contributed by atoms with Crippen molar-refractivity contribution in [2.45, 2.75) is 12.8 Å². The Morgan fingerprint density at radius 2 is 1.17 bits per heavy atom. The fourth-order valence-corrected chi connectivity index (χ4v) is 2.24. The number of halogens is 1.